The number of aliphatic imine (C=N–C) groups is 1. The molecule has 1 unspecified atom stereocenters. The minimum absolute atomic E-state index is 0.135. The molecule has 0 amide bonds. The van der Waals surface area contributed by atoms with Gasteiger partial charge in [-0.2, -0.15) is 4.39 Å². The van der Waals surface area contributed by atoms with E-state index in [4.69, 9.17) is 0 Å². The molecule has 0 saturated carbocycles. The molecule has 3 heteroatoms. The minimum Gasteiger partial charge on any atom is -0.232 e. The molecule has 1 aliphatic rings. The maximum absolute atomic E-state index is 12.4. The van der Waals surface area contributed by atoms with Crippen molar-refractivity contribution in [3.8, 4) is 0 Å². The fourth-order valence-electron chi connectivity index (χ4n) is 0.682. The molecule has 1 heterocycles. The summed E-state index contributed by atoms with van der Waals surface area (Å²) >= 11 is 0. The third-order valence-corrected chi connectivity index (χ3v) is 1.11. The molecular weight excluding hydrogens is 136 g/mol. The SMILES string of the molecule is CC1C=NC(F)=CC(F)=C1. The van der Waals surface area contributed by atoms with Gasteiger partial charge >= 0.3 is 0 Å². The standard InChI is InChI=1S/C7H7F2N/c1-5-2-6(8)3-7(9)10-4-5/h2-5H,1H3. The molecule has 0 aromatic heterocycles. The van der Waals surface area contributed by atoms with Crippen LogP contribution in [-0.2, 0) is 0 Å². The van der Waals surface area contributed by atoms with E-state index in [1.807, 2.05) is 0 Å². The third kappa shape index (κ3) is 1.76. The Morgan fingerprint density at radius 1 is 1.50 bits per heavy atom. The second-order valence-electron chi connectivity index (χ2n) is 2.16. The van der Waals surface area contributed by atoms with Crippen LogP contribution in [0.4, 0.5) is 8.78 Å². The maximum Gasteiger partial charge on any atom is 0.215 e. The lowest BCUT2D eigenvalue weighted by Gasteiger charge is -1.90. The first-order valence-electron chi connectivity index (χ1n) is 2.97. The van der Waals surface area contributed by atoms with Gasteiger partial charge in [-0.15, -0.1) is 0 Å². The summed E-state index contributed by atoms with van der Waals surface area (Å²) in [7, 11) is 0. The van der Waals surface area contributed by atoms with Crippen LogP contribution in [-0.4, -0.2) is 6.21 Å². The van der Waals surface area contributed by atoms with Gasteiger partial charge in [-0.3, -0.25) is 0 Å². The number of rotatable bonds is 0. The molecular formula is C7H7F2N. The summed E-state index contributed by atoms with van der Waals surface area (Å²) in [6.45, 7) is 1.73. The first-order valence-corrected chi connectivity index (χ1v) is 2.97. The normalized spacial score (nSPS) is 25.3. The highest BCUT2D eigenvalue weighted by Gasteiger charge is 2.02. The molecule has 0 aromatic rings. The van der Waals surface area contributed by atoms with Gasteiger partial charge in [0.05, 0.1) is 0 Å². The highest BCUT2D eigenvalue weighted by molar-refractivity contribution is 5.65. The van der Waals surface area contributed by atoms with E-state index >= 15 is 0 Å². The molecule has 1 atom stereocenters. The lowest BCUT2D eigenvalue weighted by atomic mass is 10.2. The Morgan fingerprint density at radius 3 is 2.90 bits per heavy atom. The summed E-state index contributed by atoms with van der Waals surface area (Å²) in [5.41, 5.74) is 0. The predicted octanol–water partition coefficient (Wildman–Crippen LogP) is 2.37. The fraction of sp³-hybridized carbons (Fsp3) is 0.286. The van der Waals surface area contributed by atoms with Crippen LogP contribution in [0.2, 0.25) is 0 Å². The summed E-state index contributed by atoms with van der Waals surface area (Å²) in [5.74, 6) is -1.48. The van der Waals surface area contributed by atoms with Crippen molar-refractivity contribution >= 4 is 6.21 Å². The second-order valence-corrected chi connectivity index (χ2v) is 2.16. The van der Waals surface area contributed by atoms with Gasteiger partial charge in [-0.1, -0.05) is 6.92 Å². The lowest BCUT2D eigenvalue weighted by Crippen LogP contribution is -1.88. The molecule has 0 radical (unpaired) electrons. The van der Waals surface area contributed by atoms with Gasteiger partial charge in [0.1, 0.15) is 5.83 Å². The molecule has 0 spiro atoms. The van der Waals surface area contributed by atoms with E-state index in [1.165, 1.54) is 12.3 Å². The smallest absolute Gasteiger partial charge is 0.215 e. The van der Waals surface area contributed by atoms with Crippen molar-refractivity contribution in [3.05, 3.63) is 23.9 Å². The number of hydrogen-bond donors (Lipinski definition) is 0. The maximum atomic E-state index is 12.4. The van der Waals surface area contributed by atoms with Crippen LogP contribution >= 0.6 is 0 Å². The van der Waals surface area contributed by atoms with Crippen LogP contribution in [0.3, 0.4) is 0 Å². The summed E-state index contributed by atoms with van der Waals surface area (Å²) in [5, 5.41) is 0. The number of allylic oxidation sites excluding steroid dienone is 3. The molecule has 1 rings (SSSR count). The van der Waals surface area contributed by atoms with Crippen LogP contribution in [0.1, 0.15) is 6.92 Å². The molecule has 0 fully saturated rings. The Labute approximate surface area is 57.8 Å². The fourth-order valence-corrected chi connectivity index (χ4v) is 0.682. The molecule has 1 nitrogen and oxygen atoms in total. The summed E-state index contributed by atoms with van der Waals surface area (Å²) in [6.07, 6.45) is 3.43. The molecule has 54 valence electrons. The first kappa shape index (κ1) is 7.12. The third-order valence-electron chi connectivity index (χ3n) is 1.11. The van der Waals surface area contributed by atoms with Gasteiger partial charge in [0.2, 0.25) is 5.95 Å². The molecule has 0 bridgehead atoms. The first-order chi connectivity index (χ1) is 4.68. The Kier molecular flexibility index (Phi) is 1.94. The average Bonchev–Trinajstić information content (AvgIpc) is 1.93. The number of hydrogen-bond acceptors (Lipinski definition) is 1. The lowest BCUT2D eigenvalue weighted by molar-refractivity contribution is 0.608. The van der Waals surface area contributed by atoms with Crippen molar-refractivity contribution in [2.75, 3.05) is 0 Å². The van der Waals surface area contributed by atoms with Crippen LogP contribution in [0, 0.1) is 5.92 Å². The van der Waals surface area contributed by atoms with E-state index in [2.05, 4.69) is 4.99 Å². The zero-order chi connectivity index (χ0) is 7.56. The summed E-state index contributed by atoms with van der Waals surface area (Å²) in [4.78, 5) is 3.33. The van der Waals surface area contributed by atoms with Gasteiger partial charge < -0.3 is 0 Å². The highest BCUT2D eigenvalue weighted by Crippen LogP contribution is 2.13. The van der Waals surface area contributed by atoms with Crippen molar-refractivity contribution in [2.24, 2.45) is 10.9 Å². The van der Waals surface area contributed by atoms with E-state index in [0.29, 0.717) is 0 Å². The Bertz CT molecular complexity index is 216. The summed E-state index contributed by atoms with van der Waals surface area (Å²) < 4.78 is 24.7. The monoisotopic (exact) mass is 143 g/mol. The Balaban J connectivity index is 2.88. The zero-order valence-electron chi connectivity index (χ0n) is 5.51. The molecule has 0 aromatic carbocycles. The van der Waals surface area contributed by atoms with Gasteiger partial charge in [0, 0.05) is 18.2 Å². The molecule has 10 heavy (non-hydrogen) atoms. The average molecular weight is 143 g/mol. The minimum atomic E-state index is -0.780. The molecule has 1 aliphatic heterocycles. The molecule has 0 aliphatic carbocycles. The van der Waals surface area contributed by atoms with Crippen molar-refractivity contribution in [2.45, 2.75) is 6.92 Å². The molecule has 0 saturated heterocycles. The van der Waals surface area contributed by atoms with E-state index in [-0.39, 0.29) is 5.92 Å². The van der Waals surface area contributed by atoms with Gasteiger partial charge in [0.25, 0.3) is 0 Å². The highest BCUT2D eigenvalue weighted by atomic mass is 19.1. The van der Waals surface area contributed by atoms with Gasteiger partial charge in [-0.25, -0.2) is 9.38 Å². The largest absolute Gasteiger partial charge is 0.232 e. The number of nitrogens with zero attached hydrogens (tertiary/aromatic N) is 1. The van der Waals surface area contributed by atoms with Crippen LogP contribution in [0.15, 0.2) is 28.9 Å². The zero-order valence-corrected chi connectivity index (χ0v) is 5.51. The quantitative estimate of drug-likeness (QED) is 0.461. The molecule has 0 N–H and O–H groups in total. The van der Waals surface area contributed by atoms with Crippen LogP contribution in [0.5, 0.6) is 0 Å². The van der Waals surface area contributed by atoms with E-state index < -0.39 is 11.8 Å². The van der Waals surface area contributed by atoms with Gasteiger partial charge in [0.15, 0.2) is 0 Å². The van der Waals surface area contributed by atoms with Crippen LogP contribution < -0.4 is 0 Å². The van der Waals surface area contributed by atoms with Crippen LogP contribution in [0.25, 0.3) is 0 Å². The van der Waals surface area contributed by atoms with Crippen molar-refractivity contribution < 1.29 is 8.78 Å². The van der Waals surface area contributed by atoms with E-state index in [1.54, 1.807) is 6.92 Å². The topological polar surface area (TPSA) is 12.4 Å². The predicted molar refractivity (Wildman–Crippen MR) is 36.0 cm³/mol. The second kappa shape index (κ2) is 2.73. The van der Waals surface area contributed by atoms with Crippen molar-refractivity contribution in [3.63, 3.8) is 0 Å². The van der Waals surface area contributed by atoms with Crippen molar-refractivity contribution in [1.82, 2.24) is 0 Å². The Hall–Kier alpha value is -0.990. The number of halogens is 2. The van der Waals surface area contributed by atoms with Gasteiger partial charge in [-0.05, 0) is 6.08 Å². The van der Waals surface area contributed by atoms with E-state index in [0.717, 1.165) is 6.08 Å². The Morgan fingerprint density at radius 2 is 2.20 bits per heavy atom. The van der Waals surface area contributed by atoms with Crippen molar-refractivity contribution in [1.29, 1.82) is 0 Å². The summed E-state index contributed by atoms with van der Waals surface area (Å²) in [6, 6.07) is 0. The van der Waals surface area contributed by atoms with E-state index in [9.17, 15) is 8.78 Å².